The van der Waals surface area contributed by atoms with Gasteiger partial charge in [-0.25, -0.2) is 0 Å². The Bertz CT molecular complexity index is 185. The minimum absolute atomic E-state index is 0. The van der Waals surface area contributed by atoms with Crippen LogP contribution >= 0.6 is 12.4 Å². The van der Waals surface area contributed by atoms with Crippen LogP contribution in [0, 0.1) is 5.92 Å². The summed E-state index contributed by atoms with van der Waals surface area (Å²) in [4.78, 5) is 2.63. The zero-order valence-electron chi connectivity index (χ0n) is 12.3. The van der Waals surface area contributed by atoms with E-state index >= 15 is 0 Å². The summed E-state index contributed by atoms with van der Waals surface area (Å²) < 4.78 is 5.71. The Kier molecular flexibility index (Phi) is 11.1. The molecule has 1 fully saturated rings. The van der Waals surface area contributed by atoms with Crippen LogP contribution in [-0.4, -0.2) is 50.3 Å². The summed E-state index contributed by atoms with van der Waals surface area (Å²) in [6.45, 7) is 13.1. The molecule has 0 aliphatic carbocycles. The fourth-order valence-electron chi connectivity index (χ4n) is 2.44. The van der Waals surface area contributed by atoms with Gasteiger partial charge in [-0.05, 0) is 44.8 Å². The predicted octanol–water partition coefficient (Wildman–Crippen LogP) is 2.54. The van der Waals surface area contributed by atoms with Crippen molar-refractivity contribution in [3.8, 4) is 0 Å². The van der Waals surface area contributed by atoms with E-state index in [4.69, 9.17) is 4.74 Å². The minimum atomic E-state index is 0. The van der Waals surface area contributed by atoms with Gasteiger partial charge in [-0.1, -0.05) is 20.8 Å². The smallest absolute Gasteiger partial charge is 0.0593 e. The van der Waals surface area contributed by atoms with Crippen LogP contribution in [0.25, 0.3) is 0 Å². The molecule has 0 amide bonds. The first-order chi connectivity index (χ1) is 8.24. The highest BCUT2D eigenvalue weighted by Gasteiger charge is 2.19. The van der Waals surface area contributed by atoms with Crippen molar-refractivity contribution >= 4 is 12.4 Å². The SMILES string of the molecule is CCCN(CCOCC(C)C)C1CCNCC1.Cl. The average Bonchev–Trinajstić information content (AvgIpc) is 2.34. The van der Waals surface area contributed by atoms with Crippen molar-refractivity contribution < 1.29 is 4.74 Å². The van der Waals surface area contributed by atoms with Crippen LogP contribution in [0.3, 0.4) is 0 Å². The lowest BCUT2D eigenvalue weighted by Gasteiger charge is -2.34. The summed E-state index contributed by atoms with van der Waals surface area (Å²) in [7, 11) is 0. The standard InChI is InChI=1S/C14H30N2O.ClH/c1-4-9-16(10-11-17-12-13(2)3)14-5-7-15-8-6-14;/h13-15H,4-12H2,1-3H3;1H. The van der Waals surface area contributed by atoms with Crippen LogP contribution < -0.4 is 5.32 Å². The van der Waals surface area contributed by atoms with Gasteiger partial charge in [0.1, 0.15) is 0 Å². The van der Waals surface area contributed by atoms with Crippen LogP contribution in [0.4, 0.5) is 0 Å². The predicted molar refractivity (Wildman–Crippen MR) is 80.7 cm³/mol. The molecule has 0 unspecified atom stereocenters. The summed E-state index contributed by atoms with van der Waals surface area (Å²) in [6.07, 6.45) is 3.84. The lowest BCUT2D eigenvalue weighted by molar-refractivity contribution is 0.0654. The quantitative estimate of drug-likeness (QED) is 0.691. The van der Waals surface area contributed by atoms with Gasteiger partial charge in [-0.15, -0.1) is 12.4 Å². The van der Waals surface area contributed by atoms with E-state index in [-0.39, 0.29) is 12.4 Å². The van der Waals surface area contributed by atoms with Gasteiger partial charge in [0.05, 0.1) is 6.61 Å². The Labute approximate surface area is 119 Å². The number of piperidine rings is 1. The Morgan fingerprint density at radius 2 is 1.89 bits per heavy atom. The average molecular weight is 279 g/mol. The lowest BCUT2D eigenvalue weighted by atomic mass is 10.0. The maximum atomic E-state index is 5.71. The molecule has 1 aliphatic rings. The Balaban J connectivity index is 0.00000289. The summed E-state index contributed by atoms with van der Waals surface area (Å²) in [5, 5.41) is 3.44. The first-order valence-corrected chi connectivity index (χ1v) is 7.26. The summed E-state index contributed by atoms with van der Waals surface area (Å²) >= 11 is 0. The third-order valence-electron chi connectivity index (χ3n) is 3.31. The molecule has 0 spiro atoms. The van der Waals surface area contributed by atoms with Crippen LogP contribution in [0.5, 0.6) is 0 Å². The van der Waals surface area contributed by atoms with E-state index in [0.717, 1.165) is 25.8 Å². The van der Waals surface area contributed by atoms with E-state index in [1.54, 1.807) is 0 Å². The van der Waals surface area contributed by atoms with Gasteiger partial charge in [0, 0.05) is 19.2 Å². The third-order valence-corrected chi connectivity index (χ3v) is 3.31. The number of halogens is 1. The second kappa shape index (κ2) is 11.0. The van der Waals surface area contributed by atoms with E-state index in [0.29, 0.717) is 5.92 Å². The Hall–Kier alpha value is 0.170. The number of nitrogens with one attached hydrogen (secondary N) is 1. The first kappa shape index (κ1) is 18.2. The van der Waals surface area contributed by atoms with E-state index in [1.165, 1.54) is 38.9 Å². The lowest BCUT2D eigenvalue weighted by Crippen LogP contribution is -2.44. The molecule has 0 aromatic rings. The van der Waals surface area contributed by atoms with Gasteiger partial charge in [0.25, 0.3) is 0 Å². The number of hydrogen-bond acceptors (Lipinski definition) is 3. The monoisotopic (exact) mass is 278 g/mol. The maximum Gasteiger partial charge on any atom is 0.0593 e. The van der Waals surface area contributed by atoms with E-state index < -0.39 is 0 Å². The van der Waals surface area contributed by atoms with E-state index in [1.807, 2.05) is 0 Å². The van der Waals surface area contributed by atoms with Gasteiger partial charge < -0.3 is 10.1 Å². The number of ether oxygens (including phenoxy) is 1. The molecular formula is C14H31ClN2O. The van der Waals surface area contributed by atoms with Crippen molar-refractivity contribution in [3.63, 3.8) is 0 Å². The molecule has 18 heavy (non-hydrogen) atoms. The van der Waals surface area contributed by atoms with Gasteiger partial charge in [-0.3, -0.25) is 4.90 Å². The molecule has 1 aliphatic heterocycles. The highest BCUT2D eigenvalue weighted by atomic mass is 35.5. The number of rotatable bonds is 8. The van der Waals surface area contributed by atoms with Crippen LogP contribution in [-0.2, 0) is 4.74 Å². The number of hydrogen-bond donors (Lipinski definition) is 1. The molecule has 0 bridgehead atoms. The first-order valence-electron chi connectivity index (χ1n) is 7.26. The highest BCUT2D eigenvalue weighted by Crippen LogP contribution is 2.12. The molecule has 4 heteroatoms. The molecule has 0 atom stereocenters. The normalized spacial score (nSPS) is 17.2. The largest absolute Gasteiger partial charge is 0.380 e. The van der Waals surface area contributed by atoms with Gasteiger partial charge >= 0.3 is 0 Å². The van der Waals surface area contributed by atoms with Crippen LogP contribution in [0.1, 0.15) is 40.0 Å². The van der Waals surface area contributed by atoms with E-state index in [2.05, 4.69) is 31.0 Å². The van der Waals surface area contributed by atoms with E-state index in [9.17, 15) is 0 Å². The minimum Gasteiger partial charge on any atom is -0.380 e. The molecule has 0 aromatic carbocycles. The molecule has 1 saturated heterocycles. The number of nitrogens with zero attached hydrogens (tertiary/aromatic N) is 1. The molecule has 1 heterocycles. The Morgan fingerprint density at radius 1 is 1.22 bits per heavy atom. The maximum absolute atomic E-state index is 5.71. The summed E-state index contributed by atoms with van der Waals surface area (Å²) in [6, 6.07) is 0.777. The topological polar surface area (TPSA) is 24.5 Å². The fraction of sp³-hybridized carbons (Fsp3) is 1.00. The van der Waals surface area contributed by atoms with Crippen LogP contribution in [0.2, 0.25) is 0 Å². The molecule has 1 N–H and O–H groups in total. The molecule has 0 aromatic heterocycles. The second-order valence-electron chi connectivity index (χ2n) is 5.49. The van der Waals surface area contributed by atoms with Gasteiger partial charge in [0.2, 0.25) is 0 Å². The molecule has 110 valence electrons. The van der Waals surface area contributed by atoms with Crippen molar-refractivity contribution in [2.75, 3.05) is 39.4 Å². The molecule has 3 nitrogen and oxygen atoms in total. The molecule has 0 radical (unpaired) electrons. The molecule has 0 saturated carbocycles. The Morgan fingerprint density at radius 3 is 2.44 bits per heavy atom. The van der Waals surface area contributed by atoms with Gasteiger partial charge in [0.15, 0.2) is 0 Å². The van der Waals surface area contributed by atoms with Crippen molar-refractivity contribution in [3.05, 3.63) is 0 Å². The summed E-state index contributed by atoms with van der Waals surface area (Å²) in [5.74, 6) is 0.647. The van der Waals surface area contributed by atoms with Crippen molar-refractivity contribution in [1.29, 1.82) is 0 Å². The van der Waals surface area contributed by atoms with Crippen molar-refractivity contribution in [1.82, 2.24) is 10.2 Å². The zero-order chi connectivity index (χ0) is 12.5. The van der Waals surface area contributed by atoms with Crippen molar-refractivity contribution in [2.24, 2.45) is 5.92 Å². The fourth-order valence-corrected chi connectivity index (χ4v) is 2.44. The second-order valence-corrected chi connectivity index (χ2v) is 5.49. The molecule has 1 rings (SSSR count). The van der Waals surface area contributed by atoms with Gasteiger partial charge in [-0.2, -0.15) is 0 Å². The van der Waals surface area contributed by atoms with Crippen LogP contribution in [0.15, 0.2) is 0 Å². The molecular weight excluding hydrogens is 248 g/mol. The highest BCUT2D eigenvalue weighted by molar-refractivity contribution is 5.85. The zero-order valence-corrected chi connectivity index (χ0v) is 13.1. The van der Waals surface area contributed by atoms with Crippen molar-refractivity contribution in [2.45, 2.75) is 46.1 Å². The third kappa shape index (κ3) is 7.57. The summed E-state index contributed by atoms with van der Waals surface area (Å²) in [5.41, 5.74) is 0.